The summed E-state index contributed by atoms with van der Waals surface area (Å²) >= 11 is 0. The van der Waals surface area contributed by atoms with Crippen molar-refractivity contribution in [3.8, 4) is 0 Å². The zero-order valence-corrected chi connectivity index (χ0v) is 10.8. The van der Waals surface area contributed by atoms with Crippen LogP contribution in [0, 0.1) is 5.92 Å². The third kappa shape index (κ3) is 5.24. The lowest BCUT2D eigenvalue weighted by Crippen LogP contribution is -2.19. The van der Waals surface area contributed by atoms with Crippen LogP contribution in [0.1, 0.15) is 25.1 Å². The molecule has 0 amide bonds. The van der Waals surface area contributed by atoms with E-state index in [1.165, 1.54) is 5.56 Å². The number of nitrogens with one attached hydrogen (secondary N) is 1. The summed E-state index contributed by atoms with van der Waals surface area (Å²) in [5, 5.41) is 3.41. The second kappa shape index (κ2) is 6.61. The van der Waals surface area contributed by atoms with Crippen molar-refractivity contribution in [2.45, 2.75) is 26.9 Å². The Morgan fingerprint density at radius 2 is 2.06 bits per heavy atom. The molecule has 3 heteroatoms. The lowest BCUT2D eigenvalue weighted by Gasteiger charge is -2.10. The van der Waals surface area contributed by atoms with E-state index in [-0.39, 0.29) is 0 Å². The smallest absolute Gasteiger partial charge is 0.0543 e. The molecule has 1 aromatic rings. The normalized spacial score (nSPS) is 11.4. The van der Waals surface area contributed by atoms with Gasteiger partial charge in [-0.25, -0.2) is 0 Å². The van der Waals surface area contributed by atoms with Crippen LogP contribution >= 0.6 is 0 Å². The van der Waals surface area contributed by atoms with Gasteiger partial charge in [0.05, 0.1) is 5.69 Å². The van der Waals surface area contributed by atoms with Gasteiger partial charge < -0.3 is 10.2 Å². The molecule has 0 saturated heterocycles. The standard InChI is InChI=1S/C13H23N3/c1-11(2)7-14-8-12-5-6-13(15-9-12)10-16(3)4/h5-6,9,11,14H,7-8,10H2,1-4H3. The van der Waals surface area contributed by atoms with E-state index in [4.69, 9.17) is 0 Å². The summed E-state index contributed by atoms with van der Waals surface area (Å²) in [4.78, 5) is 6.56. The molecule has 1 aromatic heterocycles. The van der Waals surface area contributed by atoms with E-state index < -0.39 is 0 Å². The van der Waals surface area contributed by atoms with Gasteiger partial charge in [-0.2, -0.15) is 0 Å². The summed E-state index contributed by atoms with van der Waals surface area (Å²) in [5.74, 6) is 0.695. The number of pyridine rings is 1. The van der Waals surface area contributed by atoms with Crippen LogP contribution in [0.15, 0.2) is 18.3 Å². The van der Waals surface area contributed by atoms with Crippen LogP contribution in [0.2, 0.25) is 0 Å². The first kappa shape index (κ1) is 13.1. The van der Waals surface area contributed by atoms with E-state index >= 15 is 0 Å². The Morgan fingerprint density at radius 3 is 2.56 bits per heavy atom. The minimum Gasteiger partial charge on any atom is -0.312 e. The van der Waals surface area contributed by atoms with E-state index in [1.807, 2.05) is 6.20 Å². The highest BCUT2D eigenvalue weighted by Gasteiger charge is 1.98. The third-order valence-electron chi connectivity index (χ3n) is 2.25. The fraction of sp³-hybridized carbons (Fsp3) is 0.615. The maximum absolute atomic E-state index is 4.43. The van der Waals surface area contributed by atoms with Gasteiger partial charge in [0.15, 0.2) is 0 Å². The lowest BCUT2D eigenvalue weighted by atomic mass is 10.2. The molecule has 16 heavy (non-hydrogen) atoms. The van der Waals surface area contributed by atoms with E-state index in [9.17, 15) is 0 Å². The van der Waals surface area contributed by atoms with Gasteiger partial charge in [-0.1, -0.05) is 19.9 Å². The molecule has 0 aliphatic heterocycles. The molecule has 0 aliphatic carbocycles. The molecule has 0 unspecified atom stereocenters. The van der Waals surface area contributed by atoms with Crippen molar-refractivity contribution in [3.05, 3.63) is 29.6 Å². The first-order chi connectivity index (χ1) is 7.58. The average molecular weight is 221 g/mol. The Morgan fingerprint density at radius 1 is 1.31 bits per heavy atom. The fourth-order valence-electron chi connectivity index (χ4n) is 1.48. The second-order valence-corrected chi connectivity index (χ2v) is 4.92. The monoisotopic (exact) mass is 221 g/mol. The minimum atomic E-state index is 0.695. The number of aromatic nitrogens is 1. The molecule has 90 valence electrons. The molecule has 0 fully saturated rings. The summed E-state index contributed by atoms with van der Waals surface area (Å²) < 4.78 is 0. The van der Waals surface area contributed by atoms with Crippen molar-refractivity contribution in [3.63, 3.8) is 0 Å². The molecule has 3 nitrogen and oxygen atoms in total. The molecular weight excluding hydrogens is 198 g/mol. The van der Waals surface area contributed by atoms with Gasteiger partial charge in [-0.3, -0.25) is 4.98 Å². The summed E-state index contributed by atoms with van der Waals surface area (Å²) in [6.45, 7) is 7.30. The van der Waals surface area contributed by atoms with Crippen LogP contribution in [0.4, 0.5) is 0 Å². The quantitative estimate of drug-likeness (QED) is 0.795. The molecule has 0 atom stereocenters. The highest BCUT2D eigenvalue weighted by atomic mass is 15.1. The number of nitrogens with zero attached hydrogens (tertiary/aromatic N) is 2. The van der Waals surface area contributed by atoms with Crippen molar-refractivity contribution < 1.29 is 0 Å². The predicted octanol–water partition coefficient (Wildman–Crippen LogP) is 1.89. The maximum atomic E-state index is 4.43. The van der Waals surface area contributed by atoms with Gasteiger partial charge in [0.2, 0.25) is 0 Å². The first-order valence-electron chi connectivity index (χ1n) is 5.87. The minimum absolute atomic E-state index is 0.695. The summed E-state index contributed by atoms with van der Waals surface area (Å²) in [6, 6.07) is 4.26. The van der Waals surface area contributed by atoms with Gasteiger partial charge in [0, 0.05) is 19.3 Å². The summed E-state index contributed by atoms with van der Waals surface area (Å²) in [7, 11) is 4.11. The Hall–Kier alpha value is -0.930. The Labute approximate surface area is 98.9 Å². The largest absolute Gasteiger partial charge is 0.312 e. The molecule has 0 radical (unpaired) electrons. The van der Waals surface area contributed by atoms with Crippen LogP contribution in [0.25, 0.3) is 0 Å². The number of rotatable bonds is 6. The van der Waals surface area contributed by atoms with Crippen LogP contribution in [0.3, 0.4) is 0 Å². The Balaban J connectivity index is 2.39. The van der Waals surface area contributed by atoms with Gasteiger partial charge >= 0.3 is 0 Å². The first-order valence-corrected chi connectivity index (χ1v) is 5.87. The van der Waals surface area contributed by atoms with E-state index in [1.54, 1.807) is 0 Å². The molecule has 1 heterocycles. The molecule has 0 spiro atoms. The van der Waals surface area contributed by atoms with E-state index in [0.29, 0.717) is 5.92 Å². The maximum Gasteiger partial charge on any atom is 0.0543 e. The predicted molar refractivity (Wildman–Crippen MR) is 68.2 cm³/mol. The highest BCUT2D eigenvalue weighted by molar-refractivity contribution is 5.13. The van der Waals surface area contributed by atoms with Gasteiger partial charge in [-0.15, -0.1) is 0 Å². The number of hydrogen-bond donors (Lipinski definition) is 1. The van der Waals surface area contributed by atoms with Crippen molar-refractivity contribution in [1.82, 2.24) is 15.2 Å². The SMILES string of the molecule is CC(C)CNCc1ccc(CN(C)C)nc1. The van der Waals surface area contributed by atoms with Crippen molar-refractivity contribution >= 4 is 0 Å². The Bertz CT molecular complexity index is 291. The zero-order valence-electron chi connectivity index (χ0n) is 10.8. The zero-order chi connectivity index (χ0) is 12.0. The van der Waals surface area contributed by atoms with Gasteiger partial charge in [0.25, 0.3) is 0 Å². The summed E-state index contributed by atoms with van der Waals surface area (Å²) in [5.41, 5.74) is 2.38. The molecule has 1 rings (SSSR count). The van der Waals surface area contributed by atoms with Crippen molar-refractivity contribution in [2.75, 3.05) is 20.6 Å². The number of hydrogen-bond acceptors (Lipinski definition) is 3. The molecule has 1 N–H and O–H groups in total. The van der Waals surface area contributed by atoms with Crippen molar-refractivity contribution in [1.29, 1.82) is 0 Å². The highest BCUT2D eigenvalue weighted by Crippen LogP contribution is 2.02. The van der Waals surface area contributed by atoms with Crippen LogP contribution < -0.4 is 5.32 Å². The molecule has 0 aliphatic rings. The second-order valence-electron chi connectivity index (χ2n) is 4.92. The third-order valence-corrected chi connectivity index (χ3v) is 2.25. The van der Waals surface area contributed by atoms with Crippen LogP contribution in [0.5, 0.6) is 0 Å². The van der Waals surface area contributed by atoms with Crippen LogP contribution in [-0.4, -0.2) is 30.5 Å². The van der Waals surface area contributed by atoms with E-state index in [2.05, 4.69) is 55.3 Å². The van der Waals surface area contributed by atoms with Crippen molar-refractivity contribution in [2.24, 2.45) is 5.92 Å². The lowest BCUT2D eigenvalue weighted by molar-refractivity contribution is 0.396. The Kier molecular flexibility index (Phi) is 5.43. The van der Waals surface area contributed by atoms with E-state index in [0.717, 1.165) is 25.3 Å². The van der Waals surface area contributed by atoms with Crippen LogP contribution in [-0.2, 0) is 13.1 Å². The topological polar surface area (TPSA) is 28.2 Å². The van der Waals surface area contributed by atoms with Gasteiger partial charge in [0.1, 0.15) is 0 Å². The fourth-order valence-corrected chi connectivity index (χ4v) is 1.48. The molecule has 0 aromatic carbocycles. The molecule has 0 saturated carbocycles. The molecule has 0 bridgehead atoms. The van der Waals surface area contributed by atoms with Gasteiger partial charge in [-0.05, 0) is 38.2 Å². The average Bonchev–Trinajstić information content (AvgIpc) is 2.19. The summed E-state index contributed by atoms with van der Waals surface area (Å²) in [6.07, 6.45) is 1.96. The molecular formula is C13H23N3.